The van der Waals surface area contributed by atoms with E-state index >= 15 is 0 Å². The molecule has 0 radical (unpaired) electrons. The topological polar surface area (TPSA) is 46.2 Å². The van der Waals surface area contributed by atoms with Crippen molar-refractivity contribution < 1.29 is 23.7 Å². The molecule has 0 unspecified atom stereocenters. The van der Waals surface area contributed by atoms with Crippen LogP contribution < -0.4 is 0 Å². The number of terminal acetylenes is 1. The van der Waals surface area contributed by atoms with E-state index in [1.54, 1.807) is 0 Å². The van der Waals surface area contributed by atoms with Gasteiger partial charge in [0.1, 0.15) is 18.8 Å². The third kappa shape index (κ3) is 8.03. The quantitative estimate of drug-likeness (QED) is 0.342. The lowest BCUT2D eigenvalue weighted by Crippen LogP contribution is -2.53. The zero-order valence-electron chi connectivity index (χ0n) is 19.8. The van der Waals surface area contributed by atoms with Gasteiger partial charge in [-0.15, -0.1) is 6.42 Å². The maximum Gasteiger partial charge on any atom is 0.162 e. The highest BCUT2D eigenvalue weighted by Gasteiger charge is 2.41. The molecule has 5 heteroatoms. The number of rotatable bonds is 12. The minimum Gasteiger partial charge on any atom is -0.374 e. The van der Waals surface area contributed by atoms with Crippen LogP contribution in [0.25, 0.3) is 0 Å². The van der Waals surface area contributed by atoms with Gasteiger partial charge in [-0.05, 0) is 16.7 Å². The van der Waals surface area contributed by atoms with Gasteiger partial charge in [-0.1, -0.05) is 96.9 Å². The Kier molecular flexibility index (Phi) is 9.90. The van der Waals surface area contributed by atoms with Crippen molar-refractivity contribution in [3.05, 3.63) is 108 Å². The van der Waals surface area contributed by atoms with Crippen molar-refractivity contribution in [2.75, 3.05) is 13.2 Å². The van der Waals surface area contributed by atoms with Gasteiger partial charge in [-0.25, -0.2) is 0 Å². The van der Waals surface area contributed by atoms with Gasteiger partial charge in [-0.3, -0.25) is 0 Å². The molecule has 4 rings (SSSR count). The molecule has 1 fully saturated rings. The highest BCUT2D eigenvalue weighted by atomic mass is 16.7. The summed E-state index contributed by atoms with van der Waals surface area (Å²) >= 11 is 0. The van der Waals surface area contributed by atoms with Crippen LogP contribution in [0.4, 0.5) is 0 Å². The molecule has 5 nitrogen and oxygen atoms in total. The van der Waals surface area contributed by atoms with Crippen LogP contribution in [0.5, 0.6) is 0 Å². The first kappa shape index (κ1) is 25.1. The molecule has 1 aliphatic heterocycles. The SMILES string of the molecule is C#CCO[C@@H]1C[C@@H](OCc2ccccc2)[C@H](OCc2ccccc2)[C@@H](COCc2ccccc2)O1. The second kappa shape index (κ2) is 13.8. The fraction of sp³-hybridized carbons (Fsp3) is 0.333. The van der Waals surface area contributed by atoms with Crippen molar-refractivity contribution in [3.8, 4) is 12.3 Å². The van der Waals surface area contributed by atoms with Gasteiger partial charge in [0.15, 0.2) is 6.29 Å². The van der Waals surface area contributed by atoms with Gasteiger partial charge in [0.25, 0.3) is 0 Å². The van der Waals surface area contributed by atoms with E-state index < -0.39 is 6.29 Å². The fourth-order valence-corrected chi connectivity index (χ4v) is 4.06. The molecule has 182 valence electrons. The fourth-order valence-electron chi connectivity index (χ4n) is 4.06. The van der Waals surface area contributed by atoms with E-state index in [1.165, 1.54) is 0 Å². The zero-order chi connectivity index (χ0) is 24.1. The third-order valence-electron chi connectivity index (χ3n) is 5.82. The molecule has 1 saturated heterocycles. The van der Waals surface area contributed by atoms with E-state index in [0.29, 0.717) is 32.8 Å². The minimum absolute atomic E-state index is 0.170. The van der Waals surface area contributed by atoms with Crippen molar-refractivity contribution in [2.45, 2.75) is 50.8 Å². The highest BCUT2D eigenvalue weighted by Crippen LogP contribution is 2.28. The lowest BCUT2D eigenvalue weighted by Gasteiger charge is -2.41. The summed E-state index contributed by atoms with van der Waals surface area (Å²) in [5.41, 5.74) is 3.28. The van der Waals surface area contributed by atoms with E-state index in [9.17, 15) is 0 Å². The Morgan fingerprint density at radius 2 is 1.26 bits per heavy atom. The monoisotopic (exact) mass is 472 g/mol. The van der Waals surface area contributed by atoms with Crippen LogP contribution in [-0.4, -0.2) is 37.8 Å². The van der Waals surface area contributed by atoms with Crippen molar-refractivity contribution >= 4 is 0 Å². The predicted molar refractivity (Wildman–Crippen MR) is 134 cm³/mol. The van der Waals surface area contributed by atoms with Gasteiger partial charge >= 0.3 is 0 Å². The summed E-state index contributed by atoms with van der Waals surface area (Å²) in [5, 5.41) is 0. The van der Waals surface area contributed by atoms with Crippen LogP contribution >= 0.6 is 0 Å². The Bertz CT molecular complexity index is 1020. The van der Waals surface area contributed by atoms with Crippen LogP contribution in [-0.2, 0) is 43.5 Å². The van der Waals surface area contributed by atoms with E-state index in [1.807, 2.05) is 91.0 Å². The van der Waals surface area contributed by atoms with Crippen LogP contribution in [0.15, 0.2) is 91.0 Å². The Morgan fingerprint density at radius 3 is 1.83 bits per heavy atom. The number of hydrogen-bond acceptors (Lipinski definition) is 5. The molecule has 35 heavy (non-hydrogen) atoms. The molecule has 3 aromatic carbocycles. The van der Waals surface area contributed by atoms with Crippen molar-refractivity contribution in [3.63, 3.8) is 0 Å². The molecule has 0 bridgehead atoms. The highest BCUT2D eigenvalue weighted by molar-refractivity contribution is 5.15. The largest absolute Gasteiger partial charge is 0.374 e. The first-order valence-electron chi connectivity index (χ1n) is 11.9. The summed E-state index contributed by atoms with van der Waals surface area (Å²) in [6.07, 6.45) is 4.49. The number of hydrogen-bond donors (Lipinski definition) is 0. The predicted octanol–water partition coefficient (Wildman–Crippen LogP) is 5.14. The molecule has 0 saturated carbocycles. The molecule has 0 amide bonds. The summed E-state index contributed by atoms with van der Waals surface area (Å²) in [7, 11) is 0. The summed E-state index contributed by atoms with van der Waals surface area (Å²) in [5.74, 6) is 2.52. The van der Waals surface area contributed by atoms with Crippen LogP contribution in [0.2, 0.25) is 0 Å². The third-order valence-corrected chi connectivity index (χ3v) is 5.82. The Labute approximate surface area is 207 Å². The molecular weight excluding hydrogens is 440 g/mol. The maximum absolute atomic E-state index is 6.41. The number of ether oxygens (including phenoxy) is 5. The molecule has 0 aromatic heterocycles. The summed E-state index contributed by atoms with van der Waals surface area (Å²) in [6.45, 7) is 1.91. The molecule has 3 aromatic rings. The average Bonchev–Trinajstić information content (AvgIpc) is 2.92. The average molecular weight is 473 g/mol. The summed E-state index contributed by atoms with van der Waals surface area (Å²) in [4.78, 5) is 0. The molecule has 0 aliphatic carbocycles. The van der Waals surface area contributed by atoms with E-state index in [-0.39, 0.29) is 24.9 Å². The Balaban J connectivity index is 1.47. The zero-order valence-corrected chi connectivity index (χ0v) is 19.8. The van der Waals surface area contributed by atoms with Gasteiger partial charge in [0.2, 0.25) is 0 Å². The molecule has 4 atom stereocenters. The van der Waals surface area contributed by atoms with Crippen molar-refractivity contribution in [1.82, 2.24) is 0 Å². The smallest absolute Gasteiger partial charge is 0.162 e. The number of benzene rings is 3. The Morgan fingerprint density at radius 1 is 0.714 bits per heavy atom. The minimum atomic E-state index is -0.492. The first-order chi connectivity index (χ1) is 17.3. The second-order valence-electron chi connectivity index (χ2n) is 8.45. The van der Waals surface area contributed by atoms with Crippen LogP contribution in [0, 0.1) is 12.3 Å². The summed E-state index contributed by atoms with van der Waals surface area (Å²) in [6, 6.07) is 30.3. The molecule has 0 N–H and O–H groups in total. The van der Waals surface area contributed by atoms with Gasteiger partial charge < -0.3 is 23.7 Å². The lowest BCUT2D eigenvalue weighted by atomic mass is 10.0. The maximum atomic E-state index is 6.41. The van der Waals surface area contributed by atoms with Crippen LogP contribution in [0.1, 0.15) is 23.1 Å². The standard InChI is InChI=1S/C30H32O5/c1-2-18-32-29-19-27(33-21-25-14-8-4-9-15-25)30(34-22-26-16-10-5-11-17-26)28(35-29)23-31-20-24-12-6-3-7-13-24/h1,3-17,27-30H,18-23H2/t27-,28-,29+,30+/m1/s1. The van der Waals surface area contributed by atoms with Crippen molar-refractivity contribution in [2.24, 2.45) is 0 Å². The van der Waals surface area contributed by atoms with E-state index in [0.717, 1.165) is 16.7 Å². The second-order valence-corrected chi connectivity index (χ2v) is 8.45. The van der Waals surface area contributed by atoms with Gasteiger partial charge in [-0.2, -0.15) is 0 Å². The molecular formula is C30H32O5. The lowest BCUT2D eigenvalue weighted by molar-refractivity contribution is -0.275. The Hall–Kier alpha value is -2.98. The van der Waals surface area contributed by atoms with Crippen molar-refractivity contribution in [1.29, 1.82) is 0 Å². The molecule has 1 aliphatic rings. The molecule has 0 spiro atoms. The molecule has 1 heterocycles. The van der Waals surface area contributed by atoms with Crippen LogP contribution in [0.3, 0.4) is 0 Å². The van der Waals surface area contributed by atoms with Gasteiger partial charge in [0, 0.05) is 6.42 Å². The van der Waals surface area contributed by atoms with E-state index in [4.69, 9.17) is 30.1 Å². The first-order valence-corrected chi connectivity index (χ1v) is 11.9. The summed E-state index contributed by atoms with van der Waals surface area (Å²) < 4.78 is 30.9. The normalized spacial score (nSPS) is 21.9. The van der Waals surface area contributed by atoms with Gasteiger partial charge in [0.05, 0.1) is 32.5 Å². The van der Waals surface area contributed by atoms with E-state index in [2.05, 4.69) is 5.92 Å².